The van der Waals surface area contributed by atoms with Crippen LogP contribution < -0.4 is 10.6 Å². The molecule has 2 aliphatic heterocycles. The predicted molar refractivity (Wildman–Crippen MR) is 127 cm³/mol. The maximum atomic E-state index is 14.3. The number of allylic oxidation sites excluding steroid dienone is 1. The van der Waals surface area contributed by atoms with Crippen LogP contribution in [0, 0.1) is 5.92 Å². The van der Waals surface area contributed by atoms with Crippen molar-refractivity contribution >= 4 is 11.8 Å². The second-order valence-electron chi connectivity index (χ2n) is 10.8. The van der Waals surface area contributed by atoms with Crippen LogP contribution in [0.3, 0.4) is 0 Å². The Labute approximate surface area is 204 Å². The molecular weight excluding hydrogens is 455 g/mol. The Morgan fingerprint density at radius 2 is 1.89 bits per heavy atom. The third kappa shape index (κ3) is 5.27. The molecule has 35 heavy (non-hydrogen) atoms. The number of piperidine rings is 1. The lowest BCUT2D eigenvalue weighted by Crippen LogP contribution is -2.49. The minimum absolute atomic E-state index is 0.0105. The van der Waals surface area contributed by atoms with Crippen molar-refractivity contribution in [2.75, 3.05) is 0 Å². The molecule has 1 aromatic rings. The van der Waals surface area contributed by atoms with E-state index in [1.165, 1.54) is 0 Å². The molecule has 4 atom stereocenters. The van der Waals surface area contributed by atoms with E-state index in [2.05, 4.69) is 17.2 Å². The monoisotopic (exact) mass is 489 g/mol. The zero-order valence-corrected chi connectivity index (χ0v) is 20.0. The average Bonchev–Trinajstić information content (AvgIpc) is 3.12. The summed E-state index contributed by atoms with van der Waals surface area (Å²) in [5.74, 6) is -2.66. The van der Waals surface area contributed by atoms with E-state index in [0.717, 1.165) is 24.0 Å². The standard InChI is InChI=1S/C27H34F3N3O2/c1-16-2-7-24(25(34)31-16)33-15-19-13-17(3-6-22(19)26(33)35)12-18-4-5-20(28)14-23(18)32-21-8-10-27(29,30)11-9-21/h3,6,13,18,20-21,23-24,32H,1-2,4-5,7-12,14-15H2,(H,31,34)/t18-,20-,23+,24?/m1/s1. The number of nitrogens with zero attached hydrogens (tertiary/aromatic N) is 1. The smallest absolute Gasteiger partial charge is 0.255 e. The van der Waals surface area contributed by atoms with Gasteiger partial charge >= 0.3 is 0 Å². The van der Waals surface area contributed by atoms with Gasteiger partial charge in [-0.15, -0.1) is 0 Å². The number of carbonyl (C=O) groups is 2. The number of alkyl halides is 3. The van der Waals surface area contributed by atoms with Crippen molar-refractivity contribution in [3.8, 4) is 0 Å². The molecule has 2 N–H and O–H groups in total. The summed E-state index contributed by atoms with van der Waals surface area (Å²) in [7, 11) is 0. The number of halogens is 3. The number of amides is 2. The Morgan fingerprint density at radius 3 is 2.63 bits per heavy atom. The number of rotatable bonds is 5. The summed E-state index contributed by atoms with van der Waals surface area (Å²) < 4.78 is 41.4. The van der Waals surface area contributed by atoms with Gasteiger partial charge in [0.2, 0.25) is 11.8 Å². The van der Waals surface area contributed by atoms with Crippen LogP contribution in [-0.4, -0.2) is 46.9 Å². The molecule has 5 rings (SSSR count). The van der Waals surface area contributed by atoms with Gasteiger partial charge in [0.15, 0.2) is 0 Å². The van der Waals surface area contributed by atoms with Gasteiger partial charge in [-0.1, -0.05) is 18.7 Å². The van der Waals surface area contributed by atoms with Crippen molar-refractivity contribution in [3.63, 3.8) is 0 Å². The van der Waals surface area contributed by atoms with Gasteiger partial charge in [-0.25, -0.2) is 13.2 Å². The summed E-state index contributed by atoms with van der Waals surface area (Å²) in [4.78, 5) is 27.1. The van der Waals surface area contributed by atoms with E-state index >= 15 is 0 Å². The number of carbonyl (C=O) groups excluding carboxylic acids is 2. The highest BCUT2D eigenvalue weighted by atomic mass is 19.3. The molecule has 0 spiro atoms. The second-order valence-corrected chi connectivity index (χ2v) is 10.8. The molecular formula is C27H34F3N3O2. The lowest BCUT2D eigenvalue weighted by Gasteiger charge is -2.39. The third-order valence-corrected chi connectivity index (χ3v) is 8.29. The summed E-state index contributed by atoms with van der Waals surface area (Å²) in [5.41, 5.74) is 3.33. The topological polar surface area (TPSA) is 61.4 Å². The molecule has 4 aliphatic rings. The van der Waals surface area contributed by atoms with Crippen molar-refractivity contribution in [1.82, 2.24) is 15.5 Å². The number of nitrogens with one attached hydrogen (secondary N) is 2. The molecule has 1 unspecified atom stereocenters. The van der Waals surface area contributed by atoms with E-state index in [-0.39, 0.29) is 42.7 Å². The highest BCUT2D eigenvalue weighted by molar-refractivity contribution is 6.01. The van der Waals surface area contributed by atoms with Crippen LogP contribution >= 0.6 is 0 Å². The summed E-state index contributed by atoms with van der Waals surface area (Å²) in [6.45, 7) is 4.21. The maximum Gasteiger partial charge on any atom is 0.255 e. The lowest BCUT2D eigenvalue weighted by molar-refractivity contribution is -0.126. The van der Waals surface area contributed by atoms with Gasteiger partial charge in [0.05, 0.1) is 0 Å². The Hall–Kier alpha value is -2.35. The van der Waals surface area contributed by atoms with E-state index in [1.807, 2.05) is 18.2 Å². The number of benzene rings is 1. The highest BCUT2D eigenvalue weighted by Crippen LogP contribution is 2.36. The first-order chi connectivity index (χ1) is 16.7. The van der Waals surface area contributed by atoms with Gasteiger partial charge in [-0.2, -0.15) is 0 Å². The van der Waals surface area contributed by atoms with E-state index in [4.69, 9.17) is 0 Å². The van der Waals surface area contributed by atoms with Crippen molar-refractivity contribution < 1.29 is 22.8 Å². The minimum atomic E-state index is -2.57. The Kier molecular flexibility index (Phi) is 6.68. The molecule has 3 fully saturated rings. The molecule has 2 aliphatic carbocycles. The molecule has 2 amide bonds. The van der Waals surface area contributed by atoms with Crippen LogP contribution in [0.25, 0.3) is 0 Å². The van der Waals surface area contributed by atoms with Gasteiger partial charge in [0.1, 0.15) is 12.2 Å². The summed E-state index contributed by atoms with van der Waals surface area (Å²) in [6.07, 6.45) is 3.43. The third-order valence-electron chi connectivity index (χ3n) is 8.29. The zero-order chi connectivity index (χ0) is 24.7. The van der Waals surface area contributed by atoms with Gasteiger partial charge in [-0.3, -0.25) is 9.59 Å². The number of fused-ring (bicyclic) bond motifs is 1. The SMILES string of the molecule is C=C1CCC(N2Cc3cc(C[C@H]4CC[C@@H](F)C[C@@H]4NC4CCC(F)(F)CC4)ccc3C2=O)C(=O)N1. The summed E-state index contributed by atoms with van der Waals surface area (Å²) >= 11 is 0. The number of hydrogen-bond donors (Lipinski definition) is 2. The zero-order valence-electron chi connectivity index (χ0n) is 20.0. The fourth-order valence-corrected chi connectivity index (χ4v) is 6.28. The van der Waals surface area contributed by atoms with E-state index < -0.39 is 18.1 Å². The van der Waals surface area contributed by atoms with E-state index in [0.29, 0.717) is 56.3 Å². The second kappa shape index (κ2) is 9.60. The molecule has 0 aromatic heterocycles. The highest BCUT2D eigenvalue weighted by Gasteiger charge is 2.40. The fourth-order valence-electron chi connectivity index (χ4n) is 6.28. The van der Waals surface area contributed by atoms with E-state index in [9.17, 15) is 22.8 Å². The largest absolute Gasteiger partial charge is 0.329 e. The van der Waals surface area contributed by atoms with E-state index in [1.54, 1.807) is 4.90 Å². The molecule has 2 heterocycles. The predicted octanol–water partition coefficient (Wildman–Crippen LogP) is 4.65. The van der Waals surface area contributed by atoms with Crippen molar-refractivity contribution in [2.24, 2.45) is 5.92 Å². The lowest BCUT2D eigenvalue weighted by atomic mass is 9.78. The molecule has 1 aromatic carbocycles. The van der Waals surface area contributed by atoms with Gasteiger partial charge in [0, 0.05) is 42.7 Å². The van der Waals surface area contributed by atoms with Crippen LogP contribution in [0.15, 0.2) is 30.5 Å². The van der Waals surface area contributed by atoms with Gasteiger partial charge < -0.3 is 15.5 Å². The molecule has 190 valence electrons. The maximum absolute atomic E-state index is 14.3. The molecule has 0 radical (unpaired) electrons. The first-order valence-electron chi connectivity index (χ1n) is 12.9. The Morgan fingerprint density at radius 1 is 1.11 bits per heavy atom. The van der Waals surface area contributed by atoms with Crippen LogP contribution in [0.4, 0.5) is 13.2 Å². The first kappa shape index (κ1) is 24.3. The summed E-state index contributed by atoms with van der Waals surface area (Å²) in [5, 5.41) is 6.29. The van der Waals surface area contributed by atoms with Gasteiger partial charge in [0.25, 0.3) is 5.91 Å². The average molecular weight is 490 g/mol. The van der Waals surface area contributed by atoms with Gasteiger partial charge in [-0.05, 0) is 74.5 Å². The van der Waals surface area contributed by atoms with Crippen molar-refractivity contribution in [2.45, 2.75) is 101 Å². The van der Waals surface area contributed by atoms with Crippen LogP contribution in [0.1, 0.15) is 79.3 Å². The number of hydrogen-bond acceptors (Lipinski definition) is 3. The van der Waals surface area contributed by atoms with Crippen LogP contribution in [0.2, 0.25) is 0 Å². The Bertz CT molecular complexity index is 1000. The van der Waals surface area contributed by atoms with Crippen LogP contribution in [-0.2, 0) is 17.8 Å². The molecule has 8 heteroatoms. The quantitative estimate of drug-likeness (QED) is 0.633. The normalized spacial score (nSPS) is 31.4. The van der Waals surface area contributed by atoms with Crippen molar-refractivity contribution in [1.29, 1.82) is 0 Å². The van der Waals surface area contributed by atoms with Crippen LogP contribution in [0.5, 0.6) is 0 Å². The molecule has 0 bridgehead atoms. The first-order valence-corrected chi connectivity index (χ1v) is 12.9. The Balaban J connectivity index is 1.25. The molecule has 5 nitrogen and oxygen atoms in total. The summed E-state index contributed by atoms with van der Waals surface area (Å²) in [6, 6.07) is 5.34. The molecule has 1 saturated heterocycles. The fraction of sp³-hybridized carbons (Fsp3) is 0.630. The van der Waals surface area contributed by atoms with Crippen molar-refractivity contribution in [3.05, 3.63) is 47.2 Å². The molecule has 2 saturated carbocycles. The minimum Gasteiger partial charge on any atom is -0.329 e.